The second kappa shape index (κ2) is 8.27. The Morgan fingerprint density at radius 3 is 2.48 bits per heavy atom. The van der Waals surface area contributed by atoms with Crippen molar-refractivity contribution >= 4 is 23.8 Å². The topological polar surface area (TPSA) is 105 Å². The zero-order valence-electron chi connectivity index (χ0n) is 15.9. The van der Waals surface area contributed by atoms with E-state index in [9.17, 15) is 19.2 Å². The van der Waals surface area contributed by atoms with Crippen LogP contribution in [0.4, 0.5) is 4.79 Å². The van der Waals surface area contributed by atoms with Crippen molar-refractivity contribution in [1.29, 1.82) is 0 Å². The Labute approximate surface area is 159 Å². The molecule has 8 nitrogen and oxygen atoms in total. The highest BCUT2D eigenvalue weighted by atomic mass is 16.5. The number of rotatable bonds is 5. The van der Waals surface area contributed by atoms with E-state index < -0.39 is 36.0 Å². The number of carbonyl (C=O) groups is 4. The molecule has 3 aliphatic rings. The van der Waals surface area contributed by atoms with Gasteiger partial charge < -0.3 is 10.1 Å². The summed E-state index contributed by atoms with van der Waals surface area (Å²) in [4.78, 5) is 48.7. The molecule has 0 aromatic carbocycles. The number of hydrogen-bond acceptors (Lipinski definition) is 5. The lowest BCUT2D eigenvalue weighted by Crippen LogP contribution is -2.52. The van der Waals surface area contributed by atoms with Crippen LogP contribution in [-0.4, -0.2) is 41.0 Å². The lowest BCUT2D eigenvalue weighted by atomic mass is 9.77. The molecule has 150 valence electrons. The van der Waals surface area contributed by atoms with Crippen LogP contribution in [0.5, 0.6) is 0 Å². The Kier molecular flexibility index (Phi) is 6.01. The molecule has 8 heteroatoms. The molecule has 1 spiro atoms. The van der Waals surface area contributed by atoms with Crippen LogP contribution in [0.25, 0.3) is 0 Å². The molecule has 0 aromatic rings. The summed E-state index contributed by atoms with van der Waals surface area (Å²) in [5.74, 6) is -0.675. The van der Waals surface area contributed by atoms with E-state index in [1.807, 2.05) is 0 Å². The number of nitrogens with one attached hydrogen (secondary N) is 2. The summed E-state index contributed by atoms with van der Waals surface area (Å²) >= 11 is 0. The molecular formula is C19H29N3O5. The average Bonchev–Trinajstić information content (AvgIpc) is 2.88. The molecule has 4 amide bonds. The molecule has 0 radical (unpaired) electrons. The van der Waals surface area contributed by atoms with E-state index in [2.05, 4.69) is 17.7 Å². The summed E-state index contributed by atoms with van der Waals surface area (Å²) in [5.41, 5.74) is 1.37. The van der Waals surface area contributed by atoms with Gasteiger partial charge in [0.25, 0.3) is 11.8 Å². The molecule has 2 saturated carbocycles. The SMILES string of the molecule is CC1CCC2(CC1)NC(=O)N(NC(=O)COC(=O)CC1CCCCC1)C2=O. The van der Waals surface area contributed by atoms with Gasteiger partial charge in [0.1, 0.15) is 5.54 Å². The number of urea groups is 1. The number of esters is 1. The number of amides is 4. The third-order valence-corrected chi connectivity index (χ3v) is 6.07. The van der Waals surface area contributed by atoms with Crippen LogP contribution in [0.1, 0.15) is 71.1 Å². The first-order chi connectivity index (χ1) is 12.9. The van der Waals surface area contributed by atoms with Gasteiger partial charge in [0, 0.05) is 6.42 Å². The van der Waals surface area contributed by atoms with Gasteiger partial charge in [-0.2, -0.15) is 5.01 Å². The fraction of sp³-hybridized carbons (Fsp3) is 0.789. The maximum absolute atomic E-state index is 12.7. The minimum absolute atomic E-state index is 0.317. The summed E-state index contributed by atoms with van der Waals surface area (Å²) in [5, 5.41) is 3.46. The second-order valence-corrected chi connectivity index (χ2v) is 8.24. The van der Waals surface area contributed by atoms with Crippen molar-refractivity contribution < 1.29 is 23.9 Å². The smallest absolute Gasteiger partial charge is 0.344 e. The van der Waals surface area contributed by atoms with Gasteiger partial charge in [-0.25, -0.2) is 4.79 Å². The predicted octanol–water partition coefficient (Wildman–Crippen LogP) is 2.03. The number of hydrazine groups is 1. The first-order valence-corrected chi connectivity index (χ1v) is 10.0. The normalized spacial score (nSPS) is 28.9. The second-order valence-electron chi connectivity index (χ2n) is 8.24. The number of nitrogens with zero attached hydrogens (tertiary/aromatic N) is 1. The lowest BCUT2D eigenvalue weighted by molar-refractivity contribution is -0.151. The molecule has 3 fully saturated rings. The first kappa shape index (κ1) is 19.6. The van der Waals surface area contributed by atoms with E-state index in [1.54, 1.807) is 0 Å². The van der Waals surface area contributed by atoms with E-state index in [0.717, 1.165) is 43.5 Å². The highest BCUT2D eigenvalue weighted by Crippen LogP contribution is 2.35. The molecule has 0 atom stereocenters. The maximum atomic E-state index is 12.7. The fourth-order valence-electron chi connectivity index (χ4n) is 4.30. The Bertz CT molecular complexity index is 606. The molecule has 3 rings (SSSR count). The van der Waals surface area contributed by atoms with E-state index in [0.29, 0.717) is 31.1 Å². The zero-order valence-corrected chi connectivity index (χ0v) is 15.9. The van der Waals surface area contributed by atoms with Crippen LogP contribution < -0.4 is 10.7 Å². The summed E-state index contributed by atoms with van der Waals surface area (Å²) in [7, 11) is 0. The van der Waals surface area contributed by atoms with Crippen LogP contribution in [-0.2, 0) is 19.1 Å². The van der Waals surface area contributed by atoms with Crippen molar-refractivity contribution in [2.45, 2.75) is 76.7 Å². The fourth-order valence-corrected chi connectivity index (χ4v) is 4.30. The van der Waals surface area contributed by atoms with Crippen LogP contribution in [0.15, 0.2) is 0 Å². The van der Waals surface area contributed by atoms with E-state index in [-0.39, 0.29) is 0 Å². The first-order valence-electron chi connectivity index (χ1n) is 10.0. The van der Waals surface area contributed by atoms with Crippen molar-refractivity contribution in [3.8, 4) is 0 Å². The van der Waals surface area contributed by atoms with Gasteiger partial charge in [-0.15, -0.1) is 0 Å². The molecule has 1 heterocycles. The monoisotopic (exact) mass is 379 g/mol. The van der Waals surface area contributed by atoms with E-state index in [1.165, 1.54) is 6.42 Å². The lowest BCUT2D eigenvalue weighted by Gasteiger charge is -2.33. The maximum Gasteiger partial charge on any atom is 0.344 e. The highest BCUT2D eigenvalue weighted by molar-refractivity contribution is 6.08. The minimum atomic E-state index is -0.908. The van der Waals surface area contributed by atoms with Gasteiger partial charge in [0.2, 0.25) is 0 Å². The molecule has 2 aliphatic carbocycles. The molecule has 0 bridgehead atoms. The van der Waals surface area contributed by atoms with Crippen molar-refractivity contribution in [3.63, 3.8) is 0 Å². The Morgan fingerprint density at radius 2 is 1.81 bits per heavy atom. The third kappa shape index (κ3) is 4.59. The van der Waals surface area contributed by atoms with Gasteiger partial charge in [0.05, 0.1) is 0 Å². The van der Waals surface area contributed by atoms with Crippen LogP contribution >= 0.6 is 0 Å². The predicted molar refractivity (Wildman–Crippen MR) is 96.0 cm³/mol. The number of carbonyl (C=O) groups excluding carboxylic acids is 4. The molecule has 27 heavy (non-hydrogen) atoms. The largest absolute Gasteiger partial charge is 0.455 e. The number of ether oxygens (including phenoxy) is 1. The van der Waals surface area contributed by atoms with Gasteiger partial charge in [-0.1, -0.05) is 26.2 Å². The minimum Gasteiger partial charge on any atom is -0.455 e. The average molecular weight is 379 g/mol. The van der Waals surface area contributed by atoms with Gasteiger partial charge in [-0.05, 0) is 50.4 Å². The molecule has 2 N–H and O–H groups in total. The quantitative estimate of drug-likeness (QED) is 0.562. The molecule has 1 saturated heterocycles. The number of imide groups is 1. The molecule has 0 aromatic heterocycles. The summed E-state index contributed by atoms with van der Waals surface area (Å²) in [6.07, 6.45) is 8.67. The van der Waals surface area contributed by atoms with Gasteiger partial charge in [-0.3, -0.25) is 19.8 Å². The van der Waals surface area contributed by atoms with E-state index >= 15 is 0 Å². The Hall–Kier alpha value is -2.12. The summed E-state index contributed by atoms with van der Waals surface area (Å²) < 4.78 is 5.02. The van der Waals surface area contributed by atoms with Crippen molar-refractivity contribution in [1.82, 2.24) is 15.8 Å². The Morgan fingerprint density at radius 1 is 1.15 bits per heavy atom. The van der Waals surface area contributed by atoms with Crippen molar-refractivity contribution in [2.75, 3.05) is 6.61 Å². The van der Waals surface area contributed by atoms with Crippen LogP contribution in [0.3, 0.4) is 0 Å². The van der Waals surface area contributed by atoms with Crippen LogP contribution in [0, 0.1) is 11.8 Å². The molecular weight excluding hydrogens is 350 g/mol. The Balaban J connectivity index is 1.45. The zero-order chi connectivity index (χ0) is 19.4. The standard InChI is InChI=1S/C19H29N3O5/c1-13-7-9-19(10-8-13)17(25)22(18(26)20-19)21-15(23)12-27-16(24)11-14-5-3-2-4-6-14/h13-14H,2-12H2,1H3,(H,20,26)(H,21,23). The third-order valence-electron chi connectivity index (χ3n) is 6.07. The highest BCUT2D eigenvalue weighted by Gasteiger charge is 2.52. The molecule has 0 unspecified atom stereocenters. The summed E-state index contributed by atoms with van der Waals surface area (Å²) in [6, 6.07) is -0.628. The number of hydrogen-bond donors (Lipinski definition) is 2. The summed E-state index contributed by atoms with van der Waals surface area (Å²) in [6.45, 7) is 1.63. The van der Waals surface area contributed by atoms with Gasteiger partial charge >= 0.3 is 12.0 Å². The van der Waals surface area contributed by atoms with Crippen LogP contribution in [0.2, 0.25) is 0 Å². The van der Waals surface area contributed by atoms with Gasteiger partial charge in [0.15, 0.2) is 6.61 Å². The van der Waals surface area contributed by atoms with Crippen molar-refractivity contribution in [2.24, 2.45) is 11.8 Å². The van der Waals surface area contributed by atoms with Crippen molar-refractivity contribution in [3.05, 3.63) is 0 Å². The van der Waals surface area contributed by atoms with E-state index in [4.69, 9.17) is 4.74 Å². The molecule has 1 aliphatic heterocycles.